The lowest BCUT2D eigenvalue weighted by molar-refractivity contribution is -0.113. The number of nitrogens with zero attached hydrogens (tertiary/aromatic N) is 2. The van der Waals surface area contributed by atoms with E-state index in [-0.39, 0.29) is 17.4 Å². The zero-order valence-corrected chi connectivity index (χ0v) is 15.5. The molecule has 0 aliphatic heterocycles. The molecule has 0 atom stereocenters. The number of nitrogens with one attached hydrogen (secondary N) is 1. The number of Topliss-reactive ketones (excluding diaryl/α,β-unsaturated/α-hetero) is 1. The first-order chi connectivity index (χ1) is 13.0. The standard InChI is InChI=1S/C20H18FN3O2S/c1-14(25)16-6-7-19(18(21)11-16)27-13-20(26)23-17-5-2-4-15(10-17)12-24-9-3-8-22-24/h2-11H,12-13H2,1H3,(H,23,26). The van der Waals surface area contributed by atoms with Crippen LogP contribution in [0, 0.1) is 5.82 Å². The van der Waals surface area contributed by atoms with Gasteiger partial charge >= 0.3 is 0 Å². The Morgan fingerprint density at radius 2 is 2.04 bits per heavy atom. The van der Waals surface area contributed by atoms with Crippen LogP contribution in [-0.4, -0.2) is 27.2 Å². The van der Waals surface area contributed by atoms with E-state index in [1.165, 1.54) is 19.1 Å². The molecule has 0 spiro atoms. The first-order valence-corrected chi connectivity index (χ1v) is 9.29. The molecule has 0 bridgehead atoms. The molecule has 0 aliphatic carbocycles. The van der Waals surface area contributed by atoms with E-state index in [1.807, 2.05) is 30.5 Å². The van der Waals surface area contributed by atoms with E-state index in [0.29, 0.717) is 22.7 Å². The van der Waals surface area contributed by atoms with Crippen LogP contribution in [0.1, 0.15) is 22.8 Å². The van der Waals surface area contributed by atoms with Crippen molar-refractivity contribution in [1.82, 2.24) is 9.78 Å². The Kier molecular flexibility index (Phi) is 6.03. The predicted octanol–water partition coefficient (Wildman–Crippen LogP) is 4.00. The summed E-state index contributed by atoms with van der Waals surface area (Å²) in [5.74, 6) is -0.856. The summed E-state index contributed by atoms with van der Waals surface area (Å²) in [5, 5.41) is 6.98. The van der Waals surface area contributed by atoms with E-state index in [1.54, 1.807) is 23.0 Å². The lowest BCUT2D eigenvalue weighted by Crippen LogP contribution is -2.14. The number of ketones is 1. The van der Waals surface area contributed by atoms with Gasteiger partial charge in [0.2, 0.25) is 5.91 Å². The molecule has 0 fully saturated rings. The van der Waals surface area contributed by atoms with Gasteiger partial charge in [-0.05, 0) is 42.8 Å². The largest absolute Gasteiger partial charge is 0.325 e. The van der Waals surface area contributed by atoms with Gasteiger partial charge in [0.25, 0.3) is 0 Å². The van der Waals surface area contributed by atoms with Crippen LogP contribution in [-0.2, 0) is 11.3 Å². The first kappa shape index (κ1) is 18.8. The monoisotopic (exact) mass is 383 g/mol. The Morgan fingerprint density at radius 3 is 2.74 bits per heavy atom. The van der Waals surface area contributed by atoms with Crippen molar-refractivity contribution >= 4 is 29.1 Å². The van der Waals surface area contributed by atoms with Crippen molar-refractivity contribution in [2.75, 3.05) is 11.1 Å². The molecule has 3 aromatic rings. The molecule has 7 heteroatoms. The number of anilines is 1. The van der Waals surface area contributed by atoms with Gasteiger partial charge in [-0.3, -0.25) is 14.3 Å². The van der Waals surface area contributed by atoms with E-state index in [4.69, 9.17) is 0 Å². The molecule has 1 aromatic heterocycles. The van der Waals surface area contributed by atoms with Crippen LogP contribution in [0.15, 0.2) is 65.8 Å². The predicted molar refractivity (Wildman–Crippen MR) is 104 cm³/mol. The fourth-order valence-electron chi connectivity index (χ4n) is 2.51. The number of halogens is 1. The van der Waals surface area contributed by atoms with E-state index in [9.17, 15) is 14.0 Å². The van der Waals surface area contributed by atoms with Gasteiger partial charge in [0.1, 0.15) is 5.82 Å². The van der Waals surface area contributed by atoms with Crippen molar-refractivity contribution in [1.29, 1.82) is 0 Å². The third-order valence-corrected chi connectivity index (χ3v) is 4.86. The number of carbonyl (C=O) groups excluding carboxylic acids is 2. The zero-order valence-electron chi connectivity index (χ0n) is 14.7. The summed E-state index contributed by atoms with van der Waals surface area (Å²) >= 11 is 1.09. The van der Waals surface area contributed by atoms with E-state index in [2.05, 4.69) is 10.4 Å². The quantitative estimate of drug-likeness (QED) is 0.495. The molecule has 0 saturated heterocycles. The maximum Gasteiger partial charge on any atom is 0.234 e. The summed E-state index contributed by atoms with van der Waals surface area (Å²) in [7, 11) is 0. The third kappa shape index (κ3) is 5.27. The smallest absolute Gasteiger partial charge is 0.234 e. The van der Waals surface area contributed by atoms with Gasteiger partial charge in [-0.1, -0.05) is 18.2 Å². The van der Waals surface area contributed by atoms with Crippen LogP contribution < -0.4 is 5.32 Å². The van der Waals surface area contributed by atoms with Gasteiger partial charge in [-0.25, -0.2) is 4.39 Å². The highest BCUT2D eigenvalue weighted by molar-refractivity contribution is 8.00. The highest BCUT2D eigenvalue weighted by Crippen LogP contribution is 2.23. The second-order valence-electron chi connectivity index (χ2n) is 5.94. The van der Waals surface area contributed by atoms with Crippen molar-refractivity contribution in [3.63, 3.8) is 0 Å². The number of hydrogen-bond donors (Lipinski definition) is 1. The van der Waals surface area contributed by atoms with E-state index >= 15 is 0 Å². The number of hydrogen-bond acceptors (Lipinski definition) is 4. The van der Waals surface area contributed by atoms with Gasteiger partial charge in [-0.2, -0.15) is 5.10 Å². The number of carbonyl (C=O) groups is 2. The Bertz CT molecular complexity index is 958. The molecule has 27 heavy (non-hydrogen) atoms. The lowest BCUT2D eigenvalue weighted by Gasteiger charge is -2.08. The summed E-state index contributed by atoms with van der Waals surface area (Å²) in [6.07, 6.45) is 3.58. The van der Waals surface area contributed by atoms with Gasteiger partial charge in [0.05, 0.1) is 12.3 Å². The van der Waals surface area contributed by atoms with Crippen LogP contribution in [0.5, 0.6) is 0 Å². The molecule has 2 aromatic carbocycles. The maximum atomic E-state index is 14.0. The fourth-order valence-corrected chi connectivity index (χ4v) is 3.23. The van der Waals surface area contributed by atoms with Crippen molar-refractivity contribution in [2.24, 2.45) is 0 Å². The SMILES string of the molecule is CC(=O)c1ccc(SCC(=O)Nc2cccc(Cn3cccn3)c2)c(F)c1. The molecule has 138 valence electrons. The molecule has 0 radical (unpaired) electrons. The third-order valence-electron chi connectivity index (χ3n) is 3.81. The number of benzene rings is 2. The topological polar surface area (TPSA) is 64.0 Å². The normalized spacial score (nSPS) is 10.6. The van der Waals surface area contributed by atoms with Gasteiger partial charge in [0, 0.05) is 28.5 Å². The molecule has 0 aliphatic rings. The Labute approximate surface area is 160 Å². The molecular formula is C20H18FN3O2S. The van der Waals surface area contributed by atoms with E-state index < -0.39 is 5.82 Å². The van der Waals surface area contributed by atoms with Crippen LogP contribution in [0.2, 0.25) is 0 Å². The van der Waals surface area contributed by atoms with Crippen molar-refractivity contribution in [2.45, 2.75) is 18.4 Å². The molecule has 1 amide bonds. The van der Waals surface area contributed by atoms with Crippen molar-refractivity contribution in [3.8, 4) is 0 Å². The molecule has 0 saturated carbocycles. The minimum atomic E-state index is -0.498. The summed E-state index contributed by atoms with van der Waals surface area (Å²) in [5.41, 5.74) is 2.00. The highest BCUT2D eigenvalue weighted by atomic mass is 32.2. The summed E-state index contributed by atoms with van der Waals surface area (Å²) < 4.78 is 15.8. The lowest BCUT2D eigenvalue weighted by atomic mass is 10.1. The van der Waals surface area contributed by atoms with Gasteiger partial charge in [-0.15, -0.1) is 11.8 Å². The highest BCUT2D eigenvalue weighted by Gasteiger charge is 2.10. The Balaban J connectivity index is 1.57. The van der Waals surface area contributed by atoms with Crippen LogP contribution in [0.25, 0.3) is 0 Å². The summed E-state index contributed by atoms with van der Waals surface area (Å²) in [6.45, 7) is 1.99. The molecular weight excluding hydrogens is 365 g/mol. The number of amides is 1. The summed E-state index contributed by atoms with van der Waals surface area (Å²) in [6, 6.07) is 13.6. The average Bonchev–Trinajstić information content (AvgIpc) is 3.14. The van der Waals surface area contributed by atoms with Gasteiger partial charge < -0.3 is 5.32 Å². The van der Waals surface area contributed by atoms with Crippen LogP contribution in [0.3, 0.4) is 0 Å². The van der Waals surface area contributed by atoms with Crippen molar-refractivity contribution < 1.29 is 14.0 Å². The minimum Gasteiger partial charge on any atom is -0.325 e. The number of thioether (sulfide) groups is 1. The Hall–Kier alpha value is -2.93. The van der Waals surface area contributed by atoms with Crippen molar-refractivity contribution in [3.05, 3.63) is 77.9 Å². The molecule has 1 N–H and O–H groups in total. The van der Waals surface area contributed by atoms with Gasteiger partial charge in [0.15, 0.2) is 5.78 Å². The zero-order chi connectivity index (χ0) is 19.2. The molecule has 1 heterocycles. The molecule has 3 rings (SSSR count). The number of aromatic nitrogens is 2. The molecule has 0 unspecified atom stereocenters. The summed E-state index contributed by atoms with van der Waals surface area (Å²) in [4.78, 5) is 23.8. The molecule has 5 nitrogen and oxygen atoms in total. The fraction of sp³-hybridized carbons (Fsp3) is 0.150. The average molecular weight is 383 g/mol. The number of rotatable bonds is 7. The minimum absolute atomic E-state index is 0.0692. The van der Waals surface area contributed by atoms with Crippen LogP contribution >= 0.6 is 11.8 Å². The second kappa shape index (κ2) is 8.64. The second-order valence-corrected chi connectivity index (χ2v) is 6.96. The van der Waals surface area contributed by atoms with E-state index in [0.717, 1.165) is 17.3 Å². The first-order valence-electron chi connectivity index (χ1n) is 8.31. The maximum absolute atomic E-state index is 14.0. The van der Waals surface area contributed by atoms with Crippen LogP contribution in [0.4, 0.5) is 10.1 Å². The Morgan fingerprint density at radius 1 is 1.19 bits per heavy atom.